The Kier molecular flexibility index (Phi) is 4.70. The van der Waals surface area contributed by atoms with Crippen LogP contribution in [0.4, 0.5) is 5.69 Å². The van der Waals surface area contributed by atoms with Crippen molar-refractivity contribution in [1.82, 2.24) is 5.32 Å². The van der Waals surface area contributed by atoms with Crippen molar-refractivity contribution >= 4 is 5.69 Å². The zero-order chi connectivity index (χ0) is 12.8. The molecule has 0 spiro atoms. The number of nitrogens with one attached hydrogen (secondary N) is 1. The zero-order valence-corrected chi connectivity index (χ0v) is 10.6. The first-order chi connectivity index (χ1) is 8.77. The summed E-state index contributed by atoms with van der Waals surface area (Å²) in [6.07, 6.45) is 6.12. The van der Waals surface area contributed by atoms with Crippen LogP contribution < -0.4 is 5.32 Å². The first-order valence-corrected chi connectivity index (χ1v) is 6.70. The molecule has 1 aromatic carbocycles. The molecule has 0 radical (unpaired) electrons. The largest absolute Gasteiger partial charge is 0.316 e. The molecule has 1 saturated carbocycles. The molecule has 1 aromatic rings. The van der Waals surface area contributed by atoms with Gasteiger partial charge in [0, 0.05) is 11.6 Å². The lowest BCUT2D eigenvalue weighted by Gasteiger charge is -2.25. The monoisotopic (exact) mass is 248 g/mol. The molecule has 4 nitrogen and oxygen atoms in total. The molecule has 1 aliphatic rings. The molecule has 2 rings (SSSR count). The van der Waals surface area contributed by atoms with Crippen molar-refractivity contribution in [2.24, 2.45) is 5.92 Å². The third kappa shape index (κ3) is 3.53. The molecule has 0 bridgehead atoms. The number of nitrogens with zero attached hydrogens (tertiary/aromatic N) is 1. The Labute approximate surface area is 108 Å². The molecule has 0 amide bonds. The molecule has 0 heterocycles. The summed E-state index contributed by atoms with van der Waals surface area (Å²) in [5.74, 6) is 0.920. The second-order valence-electron chi connectivity index (χ2n) is 4.97. The minimum atomic E-state index is -0.302. The van der Waals surface area contributed by atoms with Crippen molar-refractivity contribution in [2.45, 2.75) is 32.1 Å². The molecule has 0 aromatic heterocycles. The van der Waals surface area contributed by atoms with Gasteiger partial charge in [-0.15, -0.1) is 0 Å². The molecule has 98 valence electrons. The van der Waals surface area contributed by atoms with Crippen LogP contribution in [0.3, 0.4) is 0 Å². The third-order valence-electron chi connectivity index (χ3n) is 3.71. The topological polar surface area (TPSA) is 55.2 Å². The number of nitro groups is 1. The number of nitro benzene ring substituents is 1. The third-order valence-corrected chi connectivity index (χ3v) is 3.71. The SMILES string of the molecule is O=[N+]([O-])c1ccccc1CCNCCC1CCC1. The van der Waals surface area contributed by atoms with E-state index >= 15 is 0 Å². The van der Waals surface area contributed by atoms with Crippen molar-refractivity contribution < 1.29 is 4.92 Å². The summed E-state index contributed by atoms with van der Waals surface area (Å²) in [6.45, 7) is 1.85. The summed E-state index contributed by atoms with van der Waals surface area (Å²) in [4.78, 5) is 10.5. The molecular formula is C14H20N2O2. The van der Waals surface area contributed by atoms with E-state index in [4.69, 9.17) is 0 Å². The fourth-order valence-electron chi connectivity index (χ4n) is 2.34. The van der Waals surface area contributed by atoms with E-state index in [1.807, 2.05) is 12.1 Å². The van der Waals surface area contributed by atoms with Crippen LogP contribution in [0, 0.1) is 16.0 Å². The summed E-state index contributed by atoms with van der Waals surface area (Å²) in [6, 6.07) is 6.98. The number of benzene rings is 1. The van der Waals surface area contributed by atoms with Crippen LogP contribution in [0.5, 0.6) is 0 Å². The van der Waals surface area contributed by atoms with Crippen LogP contribution in [0.1, 0.15) is 31.2 Å². The Morgan fingerprint density at radius 3 is 2.72 bits per heavy atom. The average molecular weight is 248 g/mol. The minimum absolute atomic E-state index is 0.235. The number of hydrogen-bond acceptors (Lipinski definition) is 3. The Morgan fingerprint density at radius 2 is 2.06 bits per heavy atom. The van der Waals surface area contributed by atoms with Gasteiger partial charge in [-0.2, -0.15) is 0 Å². The van der Waals surface area contributed by atoms with Crippen molar-refractivity contribution in [1.29, 1.82) is 0 Å². The van der Waals surface area contributed by atoms with Crippen LogP contribution in [0.2, 0.25) is 0 Å². The molecule has 0 atom stereocenters. The van der Waals surface area contributed by atoms with Gasteiger partial charge in [0.15, 0.2) is 0 Å². The van der Waals surface area contributed by atoms with E-state index in [0.29, 0.717) is 0 Å². The van der Waals surface area contributed by atoms with Gasteiger partial charge in [-0.25, -0.2) is 0 Å². The molecule has 1 N–H and O–H groups in total. The standard InChI is InChI=1S/C14H20N2O2/c17-16(18)14-7-2-1-6-13(14)9-11-15-10-8-12-4-3-5-12/h1-2,6-7,12,15H,3-5,8-11H2. The lowest BCUT2D eigenvalue weighted by molar-refractivity contribution is -0.385. The van der Waals surface area contributed by atoms with Crippen molar-refractivity contribution in [3.8, 4) is 0 Å². The molecule has 1 fully saturated rings. The van der Waals surface area contributed by atoms with Crippen LogP contribution in [0.15, 0.2) is 24.3 Å². The number of hydrogen-bond donors (Lipinski definition) is 1. The van der Waals surface area contributed by atoms with Gasteiger partial charge >= 0.3 is 0 Å². The highest BCUT2D eigenvalue weighted by Gasteiger charge is 2.16. The van der Waals surface area contributed by atoms with E-state index in [1.54, 1.807) is 12.1 Å². The lowest BCUT2D eigenvalue weighted by Crippen LogP contribution is -2.23. The maximum absolute atomic E-state index is 10.8. The van der Waals surface area contributed by atoms with Gasteiger partial charge in [0.2, 0.25) is 0 Å². The van der Waals surface area contributed by atoms with E-state index in [1.165, 1.54) is 25.7 Å². The Hall–Kier alpha value is -1.42. The Balaban J connectivity index is 1.70. The zero-order valence-electron chi connectivity index (χ0n) is 10.6. The number of para-hydroxylation sites is 1. The second kappa shape index (κ2) is 6.50. The lowest BCUT2D eigenvalue weighted by atomic mass is 9.83. The van der Waals surface area contributed by atoms with Gasteiger partial charge in [0.25, 0.3) is 5.69 Å². The van der Waals surface area contributed by atoms with Gasteiger partial charge in [-0.3, -0.25) is 10.1 Å². The van der Waals surface area contributed by atoms with Crippen molar-refractivity contribution in [2.75, 3.05) is 13.1 Å². The molecule has 0 aliphatic heterocycles. The van der Waals surface area contributed by atoms with Crippen LogP contribution >= 0.6 is 0 Å². The first kappa shape index (κ1) is 13.0. The molecule has 0 saturated heterocycles. The van der Waals surface area contributed by atoms with Gasteiger partial charge in [0.1, 0.15) is 0 Å². The summed E-state index contributed by atoms with van der Waals surface area (Å²) < 4.78 is 0. The van der Waals surface area contributed by atoms with E-state index in [2.05, 4.69) is 5.32 Å². The predicted octanol–water partition coefficient (Wildman–Crippen LogP) is 2.92. The highest BCUT2D eigenvalue weighted by atomic mass is 16.6. The fourth-order valence-corrected chi connectivity index (χ4v) is 2.34. The van der Waals surface area contributed by atoms with Crippen molar-refractivity contribution in [3.63, 3.8) is 0 Å². The molecule has 0 unspecified atom stereocenters. The summed E-state index contributed by atoms with van der Waals surface area (Å²) in [5, 5.41) is 14.2. The highest BCUT2D eigenvalue weighted by molar-refractivity contribution is 5.39. The van der Waals surface area contributed by atoms with Gasteiger partial charge in [-0.05, 0) is 31.8 Å². The maximum atomic E-state index is 10.8. The Bertz CT molecular complexity index is 403. The van der Waals surface area contributed by atoms with E-state index in [0.717, 1.165) is 31.0 Å². The minimum Gasteiger partial charge on any atom is -0.316 e. The van der Waals surface area contributed by atoms with Crippen LogP contribution in [-0.2, 0) is 6.42 Å². The molecular weight excluding hydrogens is 228 g/mol. The Morgan fingerprint density at radius 1 is 1.28 bits per heavy atom. The first-order valence-electron chi connectivity index (χ1n) is 6.70. The quantitative estimate of drug-likeness (QED) is 0.458. The van der Waals surface area contributed by atoms with E-state index < -0.39 is 0 Å². The van der Waals surface area contributed by atoms with Crippen LogP contribution in [-0.4, -0.2) is 18.0 Å². The summed E-state index contributed by atoms with van der Waals surface area (Å²) in [5.41, 5.74) is 1.05. The summed E-state index contributed by atoms with van der Waals surface area (Å²) in [7, 11) is 0. The highest BCUT2D eigenvalue weighted by Crippen LogP contribution is 2.28. The van der Waals surface area contributed by atoms with Gasteiger partial charge in [0.05, 0.1) is 4.92 Å². The van der Waals surface area contributed by atoms with Gasteiger partial charge in [-0.1, -0.05) is 37.5 Å². The molecule has 1 aliphatic carbocycles. The molecule has 18 heavy (non-hydrogen) atoms. The van der Waals surface area contributed by atoms with Crippen LogP contribution in [0.25, 0.3) is 0 Å². The summed E-state index contributed by atoms with van der Waals surface area (Å²) >= 11 is 0. The normalized spacial score (nSPS) is 15.3. The molecule has 4 heteroatoms. The van der Waals surface area contributed by atoms with E-state index in [-0.39, 0.29) is 10.6 Å². The average Bonchev–Trinajstić information content (AvgIpc) is 2.31. The van der Waals surface area contributed by atoms with E-state index in [9.17, 15) is 10.1 Å². The maximum Gasteiger partial charge on any atom is 0.272 e. The number of rotatable bonds is 7. The fraction of sp³-hybridized carbons (Fsp3) is 0.571. The smallest absolute Gasteiger partial charge is 0.272 e. The van der Waals surface area contributed by atoms with Gasteiger partial charge < -0.3 is 5.32 Å². The van der Waals surface area contributed by atoms with Crippen molar-refractivity contribution in [3.05, 3.63) is 39.9 Å². The second-order valence-corrected chi connectivity index (χ2v) is 4.97. The predicted molar refractivity (Wildman–Crippen MR) is 71.6 cm³/mol.